The third-order valence-electron chi connectivity index (χ3n) is 7.51. The Bertz CT molecular complexity index is 1340. The Morgan fingerprint density at radius 3 is 2.65 bits per heavy atom. The summed E-state index contributed by atoms with van der Waals surface area (Å²) in [4.78, 5) is 19.9. The van der Waals surface area contributed by atoms with E-state index in [1.165, 1.54) is 6.07 Å². The van der Waals surface area contributed by atoms with Gasteiger partial charge in [-0.25, -0.2) is 9.37 Å². The highest BCUT2D eigenvalue weighted by molar-refractivity contribution is 5.76. The summed E-state index contributed by atoms with van der Waals surface area (Å²) >= 11 is 0. The number of halogens is 1. The number of nitrogens with one attached hydrogen (secondary N) is 1. The lowest BCUT2D eigenvalue weighted by Crippen LogP contribution is -2.11. The lowest BCUT2D eigenvalue weighted by Gasteiger charge is -2.19. The molecule has 1 aromatic heterocycles. The molecule has 0 saturated heterocycles. The van der Waals surface area contributed by atoms with Gasteiger partial charge in [-0.3, -0.25) is 9.78 Å². The van der Waals surface area contributed by atoms with Crippen molar-refractivity contribution in [2.75, 3.05) is 5.32 Å². The Morgan fingerprint density at radius 1 is 1.15 bits per heavy atom. The molecule has 3 aliphatic rings. The first kappa shape index (κ1) is 20.8. The quantitative estimate of drug-likeness (QED) is 0.536. The van der Waals surface area contributed by atoms with Crippen molar-refractivity contribution < 1.29 is 14.3 Å². The van der Waals surface area contributed by atoms with Crippen molar-refractivity contribution >= 4 is 11.8 Å². The first-order valence-corrected chi connectivity index (χ1v) is 11.6. The molecule has 1 heterocycles. The largest absolute Gasteiger partial charge is 0.481 e. The van der Waals surface area contributed by atoms with Gasteiger partial charge in [-0.05, 0) is 60.4 Å². The molecule has 2 fully saturated rings. The fourth-order valence-corrected chi connectivity index (χ4v) is 5.39. The summed E-state index contributed by atoms with van der Waals surface area (Å²) in [6.07, 6.45) is 6.98. The Hall–Kier alpha value is -3.79. The molecule has 2 N–H and O–H groups in total. The van der Waals surface area contributed by atoms with E-state index in [1.807, 2.05) is 30.3 Å². The van der Waals surface area contributed by atoms with Crippen molar-refractivity contribution in [3.8, 4) is 17.2 Å². The van der Waals surface area contributed by atoms with Gasteiger partial charge in [0.25, 0.3) is 0 Å². The zero-order valence-electron chi connectivity index (χ0n) is 18.5. The van der Waals surface area contributed by atoms with Crippen LogP contribution in [0.15, 0.2) is 48.8 Å². The highest BCUT2D eigenvalue weighted by Gasteiger charge is 2.47. The molecule has 0 aliphatic heterocycles. The number of benzene rings is 2. The Labute approximate surface area is 196 Å². The normalized spacial score (nSPS) is 23.6. The van der Waals surface area contributed by atoms with Crippen molar-refractivity contribution in [2.24, 2.45) is 5.92 Å². The van der Waals surface area contributed by atoms with E-state index in [0.29, 0.717) is 23.5 Å². The van der Waals surface area contributed by atoms with Crippen LogP contribution in [-0.4, -0.2) is 21.0 Å². The van der Waals surface area contributed by atoms with Gasteiger partial charge in [0.1, 0.15) is 11.6 Å². The van der Waals surface area contributed by atoms with Gasteiger partial charge in [0.15, 0.2) is 0 Å². The highest BCUT2D eigenvalue weighted by atomic mass is 19.1. The minimum atomic E-state index is -0.799. The molecule has 2 saturated carbocycles. The molecule has 0 radical (unpaired) electrons. The second-order valence-electron chi connectivity index (χ2n) is 9.58. The number of nitrogens with zero attached hydrogens (tertiary/aromatic N) is 3. The van der Waals surface area contributed by atoms with E-state index in [-0.39, 0.29) is 23.7 Å². The van der Waals surface area contributed by atoms with Crippen LogP contribution >= 0.6 is 0 Å². The monoisotopic (exact) mass is 454 g/mol. The van der Waals surface area contributed by atoms with Crippen LogP contribution in [0.5, 0.6) is 0 Å². The molecule has 6 rings (SSSR count). The van der Waals surface area contributed by atoms with Crippen molar-refractivity contribution in [1.29, 1.82) is 5.26 Å². The molecular formula is C27H23FN4O2. The van der Waals surface area contributed by atoms with Crippen LogP contribution in [0, 0.1) is 23.1 Å². The molecule has 0 bridgehead atoms. The summed E-state index contributed by atoms with van der Waals surface area (Å²) in [5.41, 5.74) is 4.92. The summed E-state index contributed by atoms with van der Waals surface area (Å²) in [5.74, 6) is -0.956. The van der Waals surface area contributed by atoms with Crippen molar-refractivity contribution in [1.82, 2.24) is 9.97 Å². The second kappa shape index (κ2) is 7.63. The zero-order chi connectivity index (χ0) is 23.4. The van der Waals surface area contributed by atoms with Gasteiger partial charge < -0.3 is 10.4 Å². The van der Waals surface area contributed by atoms with Crippen LogP contribution in [-0.2, 0) is 16.6 Å². The number of carboxylic acids is 1. The molecule has 0 spiro atoms. The minimum absolute atomic E-state index is 0.0745. The van der Waals surface area contributed by atoms with E-state index in [1.54, 1.807) is 12.4 Å². The molecule has 6 nitrogen and oxygen atoms in total. The van der Waals surface area contributed by atoms with E-state index in [0.717, 1.165) is 47.9 Å². The van der Waals surface area contributed by atoms with Crippen molar-refractivity contribution in [3.05, 3.63) is 77.0 Å². The number of carbonyl (C=O) groups is 1. The summed E-state index contributed by atoms with van der Waals surface area (Å²) in [7, 11) is 0. The first-order valence-electron chi connectivity index (χ1n) is 11.6. The molecule has 2 aromatic carbocycles. The van der Waals surface area contributed by atoms with Crippen LogP contribution in [0.2, 0.25) is 0 Å². The van der Waals surface area contributed by atoms with Crippen molar-refractivity contribution in [2.45, 2.75) is 49.5 Å². The third kappa shape index (κ3) is 3.33. The summed E-state index contributed by atoms with van der Waals surface area (Å²) in [5, 5.41) is 22.2. The van der Waals surface area contributed by atoms with Crippen LogP contribution in [0.3, 0.4) is 0 Å². The summed E-state index contributed by atoms with van der Waals surface area (Å²) < 4.78 is 15.1. The van der Waals surface area contributed by atoms with Crippen LogP contribution in [0.25, 0.3) is 11.1 Å². The smallest absolute Gasteiger partial charge is 0.307 e. The lowest BCUT2D eigenvalue weighted by molar-refractivity contribution is -0.138. The standard InChI is InChI=1S/C27H23FN4O2/c28-21-7-5-15(16-3-1-2-4-20(16)27(14-29)9-10-27)17-6-8-22(25(17)21)32-24-13-30-23(12-31-24)18-11-19(18)26(33)34/h1-5,7,12-13,18-19,22H,6,8-11H2,(H,31,32)(H,33,34)/t18-,19-,22+/m0/s1. The van der Waals surface area contributed by atoms with Gasteiger partial charge >= 0.3 is 5.97 Å². The predicted molar refractivity (Wildman–Crippen MR) is 124 cm³/mol. The van der Waals surface area contributed by atoms with Crippen molar-refractivity contribution in [3.63, 3.8) is 0 Å². The molecular weight excluding hydrogens is 431 g/mol. The highest BCUT2D eigenvalue weighted by Crippen LogP contribution is 2.52. The third-order valence-corrected chi connectivity index (χ3v) is 7.51. The van der Waals surface area contributed by atoms with E-state index in [2.05, 4.69) is 21.4 Å². The first-order chi connectivity index (χ1) is 16.5. The average Bonchev–Trinajstić information content (AvgIpc) is 3.77. The maximum Gasteiger partial charge on any atom is 0.307 e. The molecule has 0 unspecified atom stereocenters. The molecule has 34 heavy (non-hydrogen) atoms. The second-order valence-corrected chi connectivity index (χ2v) is 9.58. The number of carboxylic acid groups (broad SMARTS) is 1. The number of aliphatic carboxylic acids is 1. The predicted octanol–water partition coefficient (Wildman–Crippen LogP) is 5.13. The number of rotatable bonds is 6. The van der Waals surface area contributed by atoms with Gasteiger partial charge in [-0.2, -0.15) is 5.26 Å². The van der Waals surface area contributed by atoms with Crippen LogP contribution in [0.1, 0.15) is 60.0 Å². The molecule has 170 valence electrons. The SMILES string of the molecule is N#CC1(c2ccccc2-c2ccc(F)c3c2CC[C@H]3Nc2cnc([C@H]3C[C@@H]3C(=O)O)cn2)CC1. The summed E-state index contributed by atoms with van der Waals surface area (Å²) in [6.45, 7) is 0. The maximum absolute atomic E-state index is 15.1. The molecule has 3 atom stereocenters. The van der Waals surface area contributed by atoms with Gasteiger partial charge in [0, 0.05) is 11.5 Å². The zero-order valence-corrected chi connectivity index (χ0v) is 18.5. The van der Waals surface area contributed by atoms with Gasteiger partial charge in [0.05, 0.1) is 41.5 Å². The Kier molecular flexibility index (Phi) is 4.66. The number of fused-ring (bicyclic) bond motifs is 1. The number of aromatic nitrogens is 2. The fourth-order valence-electron chi connectivity index (χ4n) is 5.39. The molecule has 0 amide bonds. The topological polar surface area (TPSA) is 98.9 Å². The van der Waals surface area contributed by atoms with E-state index in [4.69, 9.17) is 5.11 Å². The van der Waals surface area contributed by atoms with Gasteiger partial charge in [-0.1, -0.05) is 30.3 Å². The Balaban J connectivity index is 1.29. The summed E-state index contributed by atoms with van der Waals surface area (Å²) in [6, 6.07) is 13.6. The fraction of sp³-hybridized carbons (Fsp3) is 0.333. The molecule has 3 aliphatic carbocycles. The van der Waals surface area contributed by atoms with E-state index in [9.17, 15) is 10.1 Å². The number of anilines is 1. The number of hydrogen-bond acceptors (Lipinski definition) is 5. The van der Waals surface area contributed by atoms with E-state index >= 15 is 4.39 Å². The Morgan fingerprint density at radius 2 is 1.97 bits per heavy atom. The van der Waals surface area contributed by atoms with Crippen LogP contribution in [0.4, 0.5) is 10.2 Å². The number of nitriles is 1. The van der Waals surface area contributed by atoms with Gasteiger partial charge in [-0.15, -0.1) is 0 Å². The minimum Gasteiger partial charge on any atom is -0.481 e. The average molecular weight is 455 g/mol. The molecule has 7 heteroatoms. The van der Waals surface area contributed by atoms with Gasteiger partial charge in [0.2, 0.25) is 0 Å². The maximum atomic E-state index is 15.1. The lowest BCUT2D eigenvalue weighted by atomic mass is 9.86. The number of hydrogen-bond donors (Lipinski definition) is 2. The molecule has 3 aromatic rings. The van der Waals surface area contributed by atoms with E-state index < -0.39 is 11.4 Å². The van der Waals surface area contributed by atoms with Crippen LogP contribution < -0.4 is 5.32 Å².